The standard InChI is InChI=1S/C18H24FN3O/c19-18-6-10-1-11(7-18)5-17(4-10,9-18)15(21)16(23)22-13(8-20)2-12-3-14(12)22/h10-15H,1-7,9,21H2/t10?,11?,12?,13-,14?,15+,17?,18?/m0/s1. The highest BCUT2D eigenvalue weighted by Gasteiger charge is 2.63. The Morgan fingerprint density at radius 3 is 2.52 bits per heavy atom. The Labute approximate surface area is 136 Å². The maximum atomic E-state index is 15.1. The Kier molecular flexibility index (Phi) is 2.64. The van der Waals surface area contributed by atoms with Crippen LogP contribution in [-0.2, 0) is 4.79 Å². The van der Waals surface area contributed by atoms with Crippen LogP contribution in [0.2, 0.25) is 0 Å². The second kappa shape index (κ2) is 4.27. The average molecular weight is 317 g/mol. The van der Waals surface area contributed by atoms with Gasteiger partial charge in [0.25, 0.3) is 0 Å². The van der Waals surface area contributed by atoms with Gasteiger partial charge < -0.3 is 10.6 Å². The molecule has 4 bridgehead atoms. The van der Waals surface area contributed by atoms with Gasteiger partial charge in [-0.1, -0.05) is 0 Å². The summed E-state index contributed by atoms with van der Waals surface area (Å²) < 4.78 is 15.1. The summed E-state index contributed by atoms with van der Waals surface area (Å²) in [4.78, 5) is 14.9. The Hall–Kier alpha value is -1.15. The highest BCUT2D eigenvalue weighted by Crippen LogP contribution is 2.64. The van der Waals surface area contributed by atoms with Crippen LogP contribution in [0.4, 0.5) is 4.39 Å². The minimum Gasteiger partial charge on any atom is -0.322 e. The SMILES string of the molecule is N#C[C@@H]1CC2CC2N1C(=O)[C@@H](N)C12CC3CC(CC(F)(C3)C1)C2. The number of nitrogens with zero attached hydrogens (tertiary/aromatic N) is 2. The first-order valence-corrected chi connectivity index (χ1v) is 9.09. The van der Waals surface area contributed by atoms with E-state index in [1.807, 2.05) is 0 Å². The molecule has 0 radical (unpaired) electrons. The first-order valence-electron chi connectivity index (χ1n) is 9.09. The fourth-order valence-corrected chi connectivity index (χ4v) is 6.90. The highest BCUT2D eigenvalue weighted by atomic mass is 19.1. The number of carbonyl (C=O) groups is 1. The molecular weight excluding hydrogens is 293 g/mol. The molecule has 1 amide bonds. The van der Waals surface area contributed by atoms with Crippen molar-refractivity contribution >= 4 is 5.91 Å². The summed E-state index contributed by atoms with van der Waals surface area (Å²) in [7, 11) is 0. The maximum Gasteiger partial charge on any atom is 0.241 e. The molecule has 0 aromatic carbocycles. The number of fused-ring (bicyclic) bond motifs is 1. The predicted octanol–water partition coefficient (Wildman–Crippen LogP) is 2.14. The Morgan fingerprint density at radius 2 is 1.91 bits per heavy atom. The van der Waals surface area contributed by atoms with Gasteiger partial charge >= 0.3 is 0 Å². The molecule has 1 heterocycles. The van der Waals surface area contributed by atoms with E-state index in [-0.39, 0.29) is 23.4 Å². The number of alkyl halides is 1. The van der Waals surface area contributed by atoms with Crippen molar-refractivity contribution in [1.29, 1.82) is 5.26 Å². The fourth-order valence-electron chi connectivity index (χ4n) is 6.90. The Morgan fingerprint density at radius 1 is 1.22 bits per heavy atom. The van der Waals surface area contributed by atoms with Crippen LogP contribution in [0.25, 0.3) is 0 Å². The lowest BCUT2D eigenvalue weighted by Crippen LogP contribution is -2.64. The van der Waals surface area contributed by atoms with E-state index in [0.29, 0.717) is 37.0 Å². The van der Waals surface area contributed by atoms with Gasteiger partial charge in [0.15, 0.2) is 0 Å². The van der Waals surface area contributed by atoms with Gasteiger partial charge in [-0.25, -0.2) is 4.39 Å². The van der Waals surface area contributed by atoms with E-state index in [0.717, 1.165) is 32.1 Å². The van der Waals surface area contributed by atoms with Crippen molar-refractivity contribution in [3.05, 3.63) is 0 Å². The van der Waals surface area contributed by atoms with Crippen LogP contribution in [0, 0.1) is 34.5 Å². The van der Waals surface area contributed by atoms with Gasteiger partial charge in [0.1, 0.15) is 11.7 Å². The van der Waals surface area contributed by atoms with Crippen molar-refractivity contribution in [3.63, 3.8) is 0 Å². The highest BCUT2D eigenvalue weighted by molar-refractivity contribution is 5.84. The molecule has 1 saturated heterocycles. The third kappa shape index (κ3) is 1.88. The van der Waals surface area contributed by atoms with Gasteiger partial charge in [-0.2, -0.15) is 5.26 Å². The second-order valence-corrected chi connectivity index (χ2v) is 9.14. The van der Waals surface area contributed by atoms with E-state index >= 15 is 4.39 Å². The average Bonchev–Trinajstić information content (AvgIpc) is 3.14. The number of nitrogens with two attached hydrogens (primary N) is 1. The van der Waals surface area contributed by atoms with E-state index < -0.39 is 11.7 Å². The quantitative estimate of drug-likeness (QED) is 0.848. The zero-order valence-corrected chi connectivity index (χ0v) is 13.4. The number of halogens is 1. The molecule has 6 aliphatic rings. The van der Waals surface area contributed by atoms with Gasteiger partial charge in [-0.15, -0.1) is 0 Å². The zero-order valence-electron chi connectivity index (χ0n) is 13.4. The minimum atomic E-state index is -1.09. The van der Waals surface area contributed by atoms with Crippen molar-refractivity contribution in [2.75, 3.05) is 0 Å². The van der Waals surface area contributed by atoms with Gasteiger partial charge in [0, 0.05) is 6.04 Å². The lowest BCUT2D eigenvalue weighted by atomic mass is 9.46. The lowest BCUT2D eigenvalue weighted by molar-refractivity contribution is -0.156. The maximum absolute atomic E-state index is 15.1. The first-order chi connectivity index (χ1) is 10.9. The molecule has 5 saturated carbocycles. The molecule has 6 fully saturated rings. The van der Waals surface area contributed by atoms with Crippen LogP contribution in [0.5, 0.6) is 0 Å². The summed E-state index contributed by atoms with van der Waals surface area (Å²) in [5.74, 6) is 1.23. The molecule has 0 spiro atoms. The summed E-state index contributed by atoms with van der Waals surface area (Å²) in [5.41, 5.74) is 5.03. The van der Waals surface area contributed by atoms with E-state index in [1.54, 1.807) is 4.90 Å². The molecule has 2 N–H and O–H groups in total. The minimum absolute atomic E-state index is 0.0768. The second-order valence-electron chi connectivity index (χ2n) is 9.14. The molecule has 5 heteroatoms. The van der Waals surface area contributed by atoms with Crippen molar-refractivity contribution in [2.45, 2.75) is 75.2 Å². The third-order valence-corrected chi connectivity index (χ3v) is 7.47. The molecule has 1 aliphatic heterocycles. The number of amides is 1. The number of carbonyl (C=O) groups excluding carboxylic acids is 1. The normalized spacial score (nSPS) is 53.8. The molecule has 0 aromatic rings. The van der Waals surface area contributed by atoms with Crippen LogP contribution in [0.15, 0.2) is 0 Å². The van der Waals surface area contributed by atoms with Crippen molar-refractivity contribution in [1.82, 2.24) is 4.90 Å². The molecule has 23 heavy (non-hydrogen) atoms. The largest absolute Gasteiger partial charge is 0.322 e. The van der Waals surface area contributed by atoms with Gasteiger partial charge in [0.05, 0.1) is 12.1 Å². The predicted molar refractivity (Wildman–Crippen MR) is 81.7 cm³/mol. The van der Waals surface area contributed by atoms with Gasteiger partial charge in [0.2, 0.25) is 5.91 Å². The fraction of sp³-hybridized carbons (Fsp3) is 0.889. The van der Waals surface area contributed by atoms with Crippen LogP contribution in [0.3, 0.4) is 0 Å². The summed E-state index contributed by atoms with van der Waals surface area (Å²) in [6, 6.07) is 1.56. The van der Waals surface area contributed by atoms with Crippen LogP contribution in [0.1, 0.15) is 51.4 Å². The zero-order chi connectivity index (χ0) is 16.0. The topological polar surface area (TPSA) is 70.1 Å². The third-order valence-electron chi connectivity index (χ3n) is 7.47. The summed E-state index contributed by atoms with van der Waals surface area (Å²) >= 11 is 0. The molecule has 4 unspecified atom stereocenters. The molecule has 0 aromatic heterocycles. The van der Waals surface area contributed by atoms with Crippen LogP contribution >= 0.6 is 0 Å². The van der Waals surface area contributed by atoms with Crippen LogP contribution in [-0.4, -0.2) is 34.6 Å². The number of hydrogen-bond donors (Lipinski definition) is 1. The summed E-state index contributed by atoms with van der Waals surface area (Å²) in [6.45, 7) is 0. The summed E-state index contributed by atoms with van der Waals surface area (Å²) in [6.07, 6.45) is 6.53. The number of likely N-dealkylation sites (tertiary alicyclic amines) is 1. The molecule has 5 aliphatic carbocycles. The number of hydrogen-bond acceptors (Lipinski definition) is 3. The van der Waals surface area contributed by atoms with Crippen LogP contribution < -0.4 is 5.73 Å². The lowest BCUT2D eigenvalue weighted by Gasteiger charge is -2.60. The van der Waals surface area contributed by atoms with E-state index in [4.69, 9.17) is 5.73 Å². The van der Waals surface area contributed by atoms with Crippen molar-refractivity contribution in [2.24, 2.45) is 28.9 Å². The smallest absolute Gasteiger partial charge is 0.241 e. The number of piperidine rings is 1. The monoisotopic (exact) mass is 317 g/mol. The van der Waals surface area contributed by atoms with Gasteiger partial charge in [-0.05, 0) is 74.5 Å². The van der Waals surface area contributed by atoms with E-state index in [1.165, 1.54) is 0 Å². The Bertz CT molecular complexity index is 600. The van der Waals surface area contributed by atoms with Crippen molar-refractivity contribution < 1.29 is 9.18 Å². The van der Waals surface area contributed by atoms with E-state index in [2.05, 4.69) is 6.07 Å². The number of nitriles is 1. The first kappa shape index (κ1) is 14.2. The van der Waals surface area contributed by atoms with Crippen molar-refractivity contribution in [3.8, 4) is 6.07 Å². The Balaban J connectivity index is 1.43. The van der Waals surface area contributed by atoms with E-state index in [9.17, 15) is 10.1 Å². The van der Waals surface area contributed by atoms with Gasteiger partial charge in [-0.3, -0.25) is 4.79 Å². The number of rotatable bonds is 2. The molecule has 124 valence electrons. The molecule has 4 nitrogen and oxygen atoms in total. The molecular formula is C18H24FN3O. The summed E-state index contributed by atoms with van der Waals surface area (Å²) in [5, 5.41) is 9.34. The molecule has 6 atom stereocenters. The molecule has 6 rings (SSSR count).